The highest BCUT2D eigenvalue weighted by atomic mass is 32.2. The molecule has 0 saturated heterocycles. The van der Waals surface area contributed by atoms with Crippen molar-refractivity contribution in [2.75, 3.05) is 7.11 Å². The van der Waals surface area contributed by atoms with Crippen LogP contribution in [0.3, 0.4) is 0 Å². The van der Waals surface area contributed by atoms with Crippen molar-refractivity contribution in [3.05, 3.63) is 90.5 Å². The van der Waals surface area contributed by atoms with Gasteiger partial charge in [0.2, 0.25) is 5.91 Å². The highest BCUT2D eigenvalue weighted by Gasteiger charge is 2.32. The van der Waals surface area contributed by atoms with Gasteiger partial charge in [0.15, 0.2) is 11.6 Å². The fourth-order valence-corrected chi connectivity index (χ4v) is 5.34. The molecule has 1 aromatic heterocycles. The van der Waals surface area contributed by atoms with Crippen molar-refractivity contribution < 1.29 is 23.9 Å². The molecule has 1 unspecified atom stereocenters. The van der Waals surface area contributed by atoms with Gasteiger partial charge in [-0.05, 0) is 36.5 Å². The molecule has 2 aromatic carbocycles. The second kappa shape index (κ2) is 15.7. The van der Waals surface area contributed by atoms with Gasteiger partial charge < -0.3 is 10.1 Å². The fraction of sp³-hybridized carbons (Fsp3) is 0.355. The summed E-state index contributed by atoms with van der Waals surface area (Å²) in [7, 11) is 1.29. The van der Waals surface area contributed by atoms with Gasteiger partial charge in [0.05, 0.1) is 19.3 Å². The Morgan fingerprint density at radius 3 is 2.20 bits per heavy atom. The quantitative estimate of drug-likeness (QED) is 0.161. The van der Waals surface area contributed by atoms with Gasteiger partial charge in [-0.2, -0.15) is 0 Å². The number of benzene rings is 2. The van der Waals surface area contributed by atoms with E-state index in [2.05, 4.69) is 15.3 Å². The van der Waals surface area contributed by atoms with E-state index in [-0.39, 0.29) is 36.0 Å². The van der Waals surface area contributed by atoms with Gasteiger partial charge in [0, 0.05) is 36.0 Å². The minimum atomic E-state index is -0.819. The van der Waals surface area contributed by atoms with Gasteiger partial charge in [-0.25, -0.2) is 4.98 Å². The number of ether oxygens (including phenoxy) is 1. The van der Waals surface area contributed by atoms with Crippen molar-refractivity contribution in [1.29, 1.82) is 0 Å². The molecule has 8 nitrogen and oxygen atoms in total. The molecule has 3 aromatic rings. The molecule has 40 heavy (non-hydrogen) atoms. The van der Waals surface area contributed by atoms with Crippen LogP contribution in [-0.2, 0) is 25.5 Å². The van der Waals surface area contributed by atoms with Crippen molar-refractivity contribution in [3.8, 4) is 0 Å². The number of methoxy groups -OCH3 is 1. The highest BCUT2D eigenvalue weighted by Crippen LogP contribution is 2.27. The number of carbonyl (C=O) groups is 4. The second-order valence-corrected chi connectivity index (χ2v) is 11.2. The summed E-state index contributed by atoms with van der Waals surface area (Å²) in [6, 6.07) is 17.9. The van der Waals surface area contributed by atoms with E-state index in [0.29, 0.717) is 12.8 Å². The van der Waals surface area contributed by atoms with Crippen LogP contribution < -0.4 is 5.32 Å². The van der Waals surface area contributed by atoms with Crippen LogP contribution in [-0.4, -0.2) is 51.8 Å². The summed E-state index contributed by atoms with van der Waals surface area (Å²) in [6.07, 6.45) is 4.80. The van der Waals surface area contributed by atoms with E-state index < -0.39 is 29.1 Å². The predicted octanol–water partition coefficient (Wildman–Crippen LogP) is 4.73. The first kappa shape index (κ1) is 30.7. The van der Waals surface area contributed by atoms with Crippen molar-refractivity contribution in [2.45, 2.75) is 55.7 Å². The van der Waals surface area contributed by atoms with Crippen molar-refractivity contribution in [3.63, 3.8) is 0 Å². The average molecular weight is 562 g/mol. The summed E-state index contributed by atoms with van der Waals surface area (Å²) in [5, 5.41) is 2.15. The Morgan fingerprint density at radius 1 is 0.925 bits per heavy atom. The molecule has 1 N–H and O–H groups in total. The summed E-state index contributed by atoms with van der Waals surface area (Å²) in [4.78, 5) is 61.6. The molecule has 0 spiro atoms. The normalized spacial score (nSPS) is 13.2. The van der Waals surface area contributed by atoms with Crippen LogP contribution in [0.25, 0.3) is 0 Å². The van der Waals surface area contributed by atoms with Crippen LogP contribution in [0.15, 0.2) is 84.1 Å². The number of carbonyl (C=O) groups excluding carboxylic acids is 4. The minimum absolute atomic E-state index is 0.0867. The van der Waals surface area contributed by atoms with Crippen molar-refractivity contribution >= 4 is 35.2 Å². The second-order valence-electron chi connectivity index (χ2n) is 9.91. The molecular formula is C31H35N3O5S. The lowest BCUT2D eigenvalue weighted by Gasteiger charge is -2.24. The molecule has 9 heteroatoms. The SMILES string of the molecule is COC(=O)C(CC(=O)[C@H](CC(C)C)NC(=O)[C@@H](CC(=O)c1cnccn1)Cc1ccccc1)Sc1ccccc1. The van der Waals surface area contributed by atoms with E-state index in [4.69, 9.17) is 4.74 Å². The summed E-state index contributed by atoms with van der Waals surface area (Å²) in [5.74, 6) is -2.10. The Morgan fingerprint density at radius 2 is 1.60 bits per heavy atom. The average Bonchev–Trinajstić information content (AvgIpc) is 2.96. The molecule has 0 fully saturated rings. The zero-order valence-corrected chi connectivity index (χ0v) is 23.8. The molecule has 3 atom stereocenters. The van der Waals surface area contributed by atoms with E-state index in [0.717, 1.165) is 10.5 Å². The van der Waals surface area contributed by atoms with E-state index in [1.807, 2.05) is 74.5 Å². The largest absolute Gasteiger partial charge is 0.468 e. The lowest BCUT2D eigenvalue weighted by Crippen LogP contribution is -2.46. The zero-order valence-electron chi connectivity index (χ0n) is 23.0. The maximum Gasteiger partial charge on any atom is 0.319 e. The Balaban J connectivity index is 1.79. The van der Waals surface area contributed by atoms with Gasteiger partial charge in [-0.15, -0.1) is 11.8 Å². The number of hydrogen-bond acceptors (Lipinski definition) is 8. The molecule has 0 bridgehead atoms. The topological polar surface area (TPSA) is 115 Å². The number of esters is 1. The van der Waals surface area contributed by atoms with E-state index >= 15 is 0 Å². The van der Waals surface area contributed by atoms with Gasteiger partial charge in [-0.1, -0.05) is 62.4 Å². The molecule has 0 aliphatic heterocycles. The number of aromatic nitrogens is 2. The fourth-order valence-electron chi connectivity index (χ4n) is 4.25. The summed E-state index contributed by atoms with van der Waals surface area (Å²) >= 11 is 1.25. The van der Waals surface area contributed by atoms with Gasteiger partial charge in [0.25, 0.3) is 0 Å². The molecule has 1 amide bonds. The lowest BCUT2D eigenvalue weighted by molar-refractivity contribution is -0.141. The van der Waals surface area contributed by atoms with Crippen LogP contribution in [0.5, 0.6) is 0 Å². The molecule has 1 heterocycles. The van der Waals surface area contributed by atoms with Gasteiger partial charge in [0.1, 0.15) is 10.9 Å². The maximum absolute atomic E-state index is 13.6. The molecule has 0 saturated carbocycles. The third-order valence-corrected chi connectivity index (χ3v) is 7.45. The summed E-state index contributed by atoms with van der Waals surface area (Å²) in [5.41, 5.74) is 1.08. The number of Topliss-reactive ketones (excluding diaryl/α,β-unsaturated/α-hetero) is 2. The Hall–Kier alpha value is -3.85. The van der Waals surface area contributed by atoms with E-state index in [1.165, 1.54) is 37.5 Å². The van der Waals surface area contributed by atoms with Gasteiger partial charge >= 0.3 is 5.97 Å². The Kier molecular flexibility index (Phi) is 12.0. The summed E-state index contributed by atoms with van der Waals surface area (Å²) < 4.78 is 4.97. The van der Waals surface area contributed by atoms with Crippen LogP contribution in [0.4, 0.5) is 0 Å². The van der Waals surface area contributed by atoms with Crippen LogP contribution in [0.1, 0.15) is 49.2 Å². The number of nitrogens with one attached hydrogen (secondary N) is 1. The van der Waals surface area contributed by atoms with Crippen LogP contribution in [0.2, 0.25) is 0 Å². The first-order valence-electron chi connectivity index (χ1n) is 13.2. The molecule has 0 aliphatic carbocycles. The predicted molar refractivity (Wildman–Crippen MR) is 154 cm³/mol. The molecule has 0 aliphatic rings. The third-order valence-electron chi connectivity index (χ3n) is 6.26. The summed E-state index contributed by atoms with van der Waals surface area (Å²) in [6.45, 7) is 3.92. The van der Waals surface area contributed by atoms with Crippen molar-refractivity contribution in [2.24, 2.45) is 11.8 Å². The lowest BCUT2D eigenvalue weighted by atomic mass is 9.91. The number of rotatable bonds is 15. The molecule has 0 radical (unpaired) electrons. The third kappa shape index (κ3) is 9.72. The van der Waals surface area contributed by atoms with Crippen molar-refractivity contribution in [1.82, 2.24) is 15.3 Å². The first-order chi connectivity index (χ1) is 19.3. The number of amides is 1. The smallest absolute Gasteiger partial charge is 0.319 e. The number of nitrogens with zero attached hydrogens (tertiary/aromatic N) is 2. The number of hydrogen-bond donors (Lipinski definition) is 1. The van der Waals surface area contributed by atoms with Gasteiger partial charge in [-0.3, -0.25) is 24.2 Å². The van der Waals surface area contributed by atoms with Crippen LogP contribution >= 0.6 is 11.8 Å². The Labute approximate surface area is 239 Å². The zero-order chi connectivity index (χ0) is 28.9. The molecular weight excluding hydrogens is 526 g/mol. The maximum atomic E-state index is 13.6. The number of thioether (sulfide) groups is 1. The van der Waals surface area contributed by atoms with E-state index in [1.54, 1.807) is 0 Å². The highest BCUT2D eigenvalue weighted by molar-refractivity contribution is 8.00. The van der Waals surface area contributed by atoms with E-state index in [9.17, 15) is 19.2 Å². The van der Waals surface area contributed by atoms with Crippen LogP contribution in [0, 0.1) is 11.8 Å². The Bertz CT molecular complexity index is 1260. The number of ketones is 2. The minimum Gasteiger partial charge on any atom is -0.468 e. The molecule has 210 valence electrons. The monoisotopic (exact) mass is 561 g/mol. The first-order valence-corrected chi connectivity index (χ1v) is 14.1. The standard InChI is InChI=1S/C31H35N3O5S/c1-21(2)16-25(28(36)19-29(31(38)39-3)40-24-12-8-5-9-13-24)34-30(37)23(17-22-10-6-4-7-11-22)18-27(35)26-20-32-14-15-33-26/h4-15,20-21,23,25,29H,16-19H2,1-3H3,(H,34,37)/t23-,25+,29?/m1/s1. The molecule has 3 rings (SSSR count).